The lowest BCUT2D eigenvalue weighted by molar-refractivity contribution is 0.238. The fourth-order valence-corrected chi connectivity index (χ4v) is 4.76. The maximum atomic E-state index is 13.0. The zero-order valence-corrected chi connectivity index (χ0v) is 16.3. The van der Waals surface area contributed by atoms with E-state index in [1.807, 2.05) is 61.6 Å². The van der Waals surface area contributed by atoms with Crippen LogP contribution in [-0.2, 0) is 24.1 Å². The lowest BCUT2D eigenvalue weighted by atomic mass is 10.1. The fourth-order valence-electron chi connectivity index (χ4n) is 3.35. The number of aliphatic hydroxyl groups is 1. The van der Waals surface area contributed by atoms with Crippen LogP contribution in [0.15, 0.2) is 47.4 Å². The van der Waals surface area contributed by atoms with E-state index >= 15 is 0 Å². The number of hydrogen-bond acceptors (Lipinski definition) is 3. The molecule has 6 heteroatoms. The largest absolute Gasteiger partial charge is 0.396 e. The van der Waals surface area contributed by atoms with Crippen LogP contribution in [0, 0.1) is 0 Å². The zero-order chi connectivity index (χ0) is 18.9. The van der Waals surface area contributed by atoms with Crippen molar-refractivity contribution < 1.29 is 9.32 Å². The topological polar surface area (TPSA) is 62.5 Å². The second-order valence-corrected chi connectivity index (χ2v) is 9.86. The molecule has 1 N–H and O–H groups in total. The van der Waals surface area contributed by atoms with E-state index in [1.165, 1.54) is 0 Å². The number of fused-ring (bicyclic) bond motifs is 1. The van der Waals surface area contributed by atoms with Gasteiger partial charge in [0.2, 0.25) is 0 Å². The summed E-state index contributed by atoms with van der Waals surface area (Å²) in [5, 5.41) is 9.52. The van der Waals surface area contributed by atoms with Crippen molar-refractivity contribution in [2.75, 3.05) is 6.61 Å². The van der Waals surface area contributed by atoms with E-state index in [0.29, 0.717) is 19.5 Å². The predicted octanol–water partition coefficient (Wildman–Crippen LogP) is 2.60. The van der Waals surface area contributed by atoms with E-state index in [1.54, 1.807) is 10.6 Å². The van der Waals surface area contributed by atoms with Gasteiger partial charge in [-0.25, -0.2) is 8.51 Å². The Morgan fingerprint density at radius 1 is 1.23 bits per heavy atom. The zero-order valence-electron chi connectivity index (χ0n) is 15.5. The van der Waals surface area contributed by atoms with E-state index < -0.39 is 15.7 Å². The normalized spacial score (nSPS) is 18.7. The Kier molecular flexibility index (Phi) is 5.46. The molecule has 140 valence electrons. The van der Waals surface area contributed by atoms with Gasteiger partial charge in [0.15, 0.2) is 0 Å². The summed E-state index contributed by atoms with van der Waals surface area (Å²) in [7, 11) is -1.21. The molecule has 0 radical (unpaired) electrons. The molecule has 26 heavy (non-hydrogen) atoms. The van der Waals surface area contributed by atoms with Crippen molar-refractivity contribution in [3.05, 3.63) is 69.6 Å². The van der Waals surface area contributed by atoms with E-state index in [-0.39, 0.29) is 18.2 Å². The molecule has 1 unspecified atom stereocenters. The summed E-state index contributed by atoms with van der Waals surface area (Å²) in [6.45, 7) is 6.82. The molecule has 1 aromatic heterocycles. The standard InChI is InChI=1S/C20H26N2O3S/c1-20(2,3)26(25)22-13-16-11-19(24)21(12-15-7-5-4-6-8-15)14-17(16)18(22)9-10-23/h4-8,11,14,18,23H,9-10,12-13H2,1-3H3/t18-,26?/m0/s1. The Morgan fingerprint density at radius 3 is 2.54 bits per heavy atom. The molecule has 2 aromatic rings. The third kappa shape index (κ3) is 3.82. The van der Waals surface area contributed by atoms with Crippen LogP contribution in [0.25, 0.3) is 0 Å². The molecule has 0 bridgehead atoms. The van der Waals surface area contributed by atoms with Gasteiger partial charge in [0, 0.05) is 25.4 Å². The molecule has 3 rings (SSSR count). The smallest absolute Gasteiger partial charge is 0.251 e. The Hall–Kier alpha value is -1.76. The minimum atomic E-state index is -1.21. The highest BCUT2D eigenvalue weighted by atomic mass is 32.2. The molecule has 0 amide bonds. The van der Waals surface area contributed by atoms with Gasteiger partial charge in [-0.15, -0.1) is 0 Å². The second-order valence-electron chi connectivity index (χ2n) is 7.67. The van der Waals surface area contributed by atoms with Crippen molar-refractivity contribution in [3.63, 3.8) is 0 Å². The number of nitrogens with zero attached hydrogens (tertiary/aromatic N) is 2. The van der Waals surface area contributed by atoms with Crippen molar-refractivity contribution in [1.29, 1.82) is 0 Å². The maximum Gasteiger partial charge on any atom is 0.251 e. The molecule has 0 fully saturated rings. The van der Waals surface area contributed by atoms with Crippen LogP contribution < -0.4 is 5.56 Å². The summed E-state index contributed by atoms with van der Waals surface area (Å²) in [5.74, 6) is 0. The van der Waals surface area contributed by atoms with Crippen LogP contribution in [0.5, 0.6) is 0 Å². The SMILES string of the molecule is CC(C)(C)S(=O)N1Cc2cc(=O)n(Cc3ccccc3)cc2[C@@H]1CCO. The molecule has 1 aromatic carbocycles. The first kappa shape index (κ1) is 19.0. The lowest BCUT2D eigenvalue weighted by Gasteiger charge is -2.30. The molecule has 2 atom stereocenters. The molecule has 0 spiro atoms. The Bertz CT molecular complexity index is 856. The Labute approximate surface area is 156 Å². The molecule has 1 aliphatic rings. The van der Waals surface area contributed by atoms with Gasteiger partial charge in [-0.05, 0) is 43.9 Å². The van der Waals surface area contributed by atoms with Gasteiger partial charge in [-0.3, -0.25) is 4.79 Å². The van der Waals surface area contributed by atoms with Crippen LogP contribution in [0.4, 0.5) is 0 Å². The number of hydrogen-bond donors (Lipinski definition) is 1. The summed E-state index contributed by atoms with van der Waals surface area (Å²) in [6.07, 6.45) is 2.38. The van der Waals surface area contributed by atoms with Crippen molar-refractivity contribution >= 4 is 11.0 Å². The predicted molar refractivity (Wildman–Crippen MR) is 104 cm³/mol. The van der Waals surface area contributed by atoms with Crippen LogP contribution in [0.3, 0.4) is 0 Å². The number of aromatic nitrogens is 1. The lowest BCUT2D eigenvalue weighted by Crippen LogP contribution is -2.36. The van der Waals surface area contributed by atoms with Gasteiger partial charge in [-0.2, -0.15) is 0 Å². The summed E-state index contributed by atoms with van der Waals surface area (Å²) in [4.78, 5) is 12.5. The minimum Gasteiger partial charge on any atom is -0.396 e. The summed E-state index contributed by atoms with van der Waals surface area (Å²) < 4.78 is 16.2. The van der Waals surface area contributed by atoms with Gasteiger partial charge in [0.05, 0.1) is 17.3 Å². The average Bonchev–Trinajstić information content (AvgIpc) is 2.92. The van der Waals surface area contributed by atoms with Crippen molar-refractivity contribution in [1.82, 2.24) is 8.87 Å². The van der Waals surface area contributed by atoms with Crippen molar-refractivity contribution in [3.8, 4) is 0 Å². The highest BCUT2D eigenvalue weighted by molar-refractivity contribution is 7.84. The average molecular weight is 375 g/mol. The molecule has 0 saturated heterocycles. The molecule has 1 aliphatic heterocycles. The van der Waals surface area contributed by atoms with Gasteiger partial charge in [0.25, 0.3) is 5.56 Å². The van der Waals surface area contributed by atoms with Gasteiger partial charge in [0.1, 0.15) is 11.0 Å². The van der Waals surface area contributed by atoms with Crippen molar-refractivity contribution in [2.45, 2.75) is 51.1 Å². The number of rotatable bonds is 5. The fraction of sp³-hybridized carbons (Fsp3) is 0.450. The van der Waals surface area contributed by atoms with E-state index in [4.69, 9.17) is 0 Å². The summed E-state index contributed by atoms with van der Waals surface area (Å²) >= 11 is 0. The molecular weight excluding hydrogens is 348 g/mol. The second kappa shape index (κ2) is 7.47. The van der Waals surface area contributed by atoms with Crippen LogP contribution in [-0.4, -0.2) is 29.5 Å². The van der Waals surface area contributed by atoms with Crippen LogP contribution >= 0.6 is 0 Å². The Balaban J connectivity index is 1.97. The third-order valence-electron chi connectivity index (χ3n) is 4.61. The number of benzene rings is 1. The Morgan fingerprint density at radius 2 is 1.92 bits per heavy atom. The van der Waals surface area contributed by atoms with Crippen LogP contribution in [0.1, 0.15) is 49.9 Å². The summed E-state index contributed by atoms with van der Waals surface area (Å²) in [6, 6.07) is 11.4. The summed E-state index contributed by atoms with van der Waals surface area (Å²) in [5.41, 5.74) is 2.91. The molecule has 2 heterocycles. The highest BCUT2D eigenvalue weighted by Crippen LogP contribution is 2.38. The maximum absolute atomic E-state index is 13.0. The third-order valence-corrected chi connectivity index (χ3v) is 6.47. The molecular formula is C20H26N2O3S. The molecule has 5 nitrogen and oxygen atoms in total. The first-order valence-electron chi connectivity index (χ1n) is 8.88. The molecule has 0 aliphatic carbocycles. The number of pyridine rings is 1. The first-order valence-corrected chi connectivity index (χ1v) is 9.98. The van der Waals surface area contributed by atoms with E-state index in [0.717, 1.165) is 16.7 Å². The van der Waals surface area contributed by atoms with E-state index in [9.17, 15) is 14.1 Å². The minimum absolute atomic E-state index is 0.0137. The molecule has 0 saturated carbocycles. The number of aliphatic hydroxyl groups excluding tert-OH is 1. The quantitative estimate of drug-likeness (QED) is 0.875. The van der Waals surface area contributed by atoms with Gasteiger partial charge >= 0.3 is 0 Å². The highest BCUT2D eigenvalue weighted by Gasteiger charge is 2.38. The monoisotopic (exact) mass is 374 g/mol. The van der Waals surface area contributed by atoms with Crippen molar-refractivity contribution in [2.24, 2.45) is 0 Å². The first-order chi connectivity index (χ1) is 12.3. The van der Waals surface area contributed by atoms with Gasteiger partial charge < -0.3 is 9.67 Å². The van der Waals surface area contributed by atoms with Gasteiger partial charge in [-0.1, -0.05) is 30.3 Å². The van der Waals surface area contributed by atoms with E-state index in [2.05, 4.69) is 0 Å². The van der Waals surface area contributed by atoms with Crippen LogP contribution in [0.2, 0.25) is 0 Å².